The van der Waals surface area contributed by atoms with E-state index in [0.29, 0.717) is 18.4 Å². The van der Waals surface area contributed by atoms with E-state index in [1.807, 2.05) is 0 Å². The van der Waals surface area contributed by atoms with E-state index in [4.69, 9.17) is 11.6 Å². The summed E-state index contributed by atoms with van der Waals surface area (Å²) in [6.45, 7) is 5.44. The molecular formula is C25H26ClF2NO4S. The predicted molar refractivity (Wildman–Crippen MR) is 127 cm³/mol. The number of carbonyl (C=O) groups is 1. The third-order valence-electron chi connectivity index (χ3n) is 7.30. The Morgan fingerprint density at radius 3 is 2.44 bits per heavy atom. The number of benzene rings is 2. The van der Waals surface area contributed by atoms with Gasteiger partial charge in [-0.05, 0) is 80.7 Å². The summed E-state index contributed by atoms with van der Waals surface area (Å²) < 4.78 is 54.0. The average Bonchev–Trinajstić information content (AvgIpc) is 2.93. The zero-order valence-electron chi connectivity index (χ0n) is 18.7. The molecule has 2 aliphatic carbocycles. The van der Waals surface area contributed by atoms with Crippen molar-refractivity contribution in [2.45, 2.75) is 54.8 Å². The van der Waals surface area contributed by atoms with E-state index >= 15 is 0 Å². The van der Waals surface area contributed by atoms with Gasteiger partial charge in [0, 0.05) is 17.3 Å². The summed E-state index contributed by atoms with van der Waals surface area (Å²) in [6.07, 6.45) is 4.00. The molecule has 2 aromatic carbocycles. The van der Waals surface area contributed by atoms with Crippen molar-refractivity contribution in [3.05, 3.63) is 70.8 Å². The van der Waals surface area contributed by atoms with Crippen LogP contribution in [0.3, 0.4) is 0 Å². The zero-order valence-corrected chi connectivity index (χ0v) is 20.2. The first-order chi connectivity index (χ1) is 15.9. The smallest absolute Gasteiger partial charge is 0.255 e. The summed E-state index contributed by atoms with van der Waals surface area (Å²) in [7, 11) is -3.90. The third kappa shape index (κ3) is 4.39. The molecule has 2 saturated carbocycles. The van der Waals surface area contributed by atoms with Gasteiger partial charge in [0.2, 0.25) is 0 Å². The summed E-state index contributed by atoms with van der Waals surface area (Å²) in [6, 6.07) is 5.63. The number of halogens is 3. The first-order valence-electron chi connectivity index (χ1n) is 11.1. The Hall–Kier alpha value is -2.29. The molecule has 182 valence electrons. The lowest BCUT2D eigenvalue weighted by atomic mass is 9.76. The number of rotatable bonds is 6. The fraction of sp³-hybridized carbons (Fsp3) is 0.400. The zero-order chi connectivity index (χ0) is 24.8. The number of fused-ring (bicyclic) bond motifs is 2. The summed E-state index contributed by atoms with van der Waals surface area (Å²) in [5.41, 5.74) is -0.345. The molecule has 2 fully saturated rings. The third-order valence-corrected chi connectivity index (χ3v) is 9.94. The number of amides is 1. The van der Waals surface area contributed by atoms with Crippen LogP contribution in [0.5, 0.6) is 0 Å². The molecule has 2 atom stereocenters. The van der Waals surface area contributed by atoms with Gasteiger partial charge < -0.3 is 10.4 Å². The quantitative estimate of drug-likeness (QED) is 0.517. The molecule has 4 rings (SSSR count). The second-order valence-electron chi connectivity index (χ2n) is 9.35. The number of nitrogens with one attached hydrogen (secondary N) is 1. The van der Waals surface area contributed by atoms with Crippen molar-refractivity contribution in [1.82, 2.24) is 0 Å². The Kier molecular flexibility index (Phi) is 6.61. The summed E-state index contributed by atoms with van der Waals surface area (Å²) in [5.74, 6) is -3.07. The maximum atomic E-state index is 13.6. The molecule has 5 nitrogen and oxygen atoms in total. The molecule has 0 radical (unpaired) electrons. The van der Waals surface area contributed by atoms with Crippen LogP contribution in [0.25, 0.3) is 0 Å². The van der Waals surface area contributed by atoms with Gasteiger partial charge in [0.15, 0.2) is 21.5 Å². The van der Waals surface area contributed by atoms with E-state index in [0.717, 1.165) is 25.0 Å². The van der Waals surface area contributed by atoms with Crippen LogP contribution >= 0.6 is 11.6 Å². The van der Waals surface area contributed by atoms with Crippen LogP contribution in [0.15, 0.2) is 47.9 Å². The van der Waals surface area contributed by atoms with Gasteiger partial charge in [0.25, 0.3) is 5.91 Å². The van der Waals surface area contributed by atoms with Crippen LogP contribution < -0.4 is 5.32 Å². The highest BCUT2D eigenvalue weighted by Gasteiger charge is 2.53. The molecular weight excluding hydrogens is 484 g/mol. The van der Waals surface area contributed by atoms with E-state index < -0.39 is 38.2 Å². The Morgan fingerprint density at radius 1 is 1.21 bits per heavy atom. The predicted octanol–water partition coefficient (Wildman–Crippen LogP) is 5.31. The lowest BCUT2D eigenvalue weighted by Crippen LogP contribution is -2.45. The van der Waals surface area contributed by atoms with Gasteiger partial charge in [-0.15, -0.1) is 6.58 Å². The van der Waals surface area contributed by atoms with E-state index in [-0.39, 0.29) is 39.4 Å². The number of allylic oxidation sites excluding steroid dienone is 1. The van der Waals surface area contributed by atoms with Gasteiger partial charge in [-0.1, -0.05) is 17.7 Å². The van der Waals surface area contributed by atoms with E-state index in [1.165, 1.54) is 18.2 Å². The molecule has 2 N–H and O–H groups in total. The highest BCUT2D eigenvalue weighted by molar-refractivity contribution is 7.92. The Labute approximate surface area is 202 Å². The highest BCUT2D eigenvalue weighted by Crippen LogP contribution is 2.51. The van der Waals surface area contributed by atoms with Crippen molar-refractivity contribution in [3.8, 4) is 0 Å². The van der Waals surface area contributed by atoms with Crippen molar-refractivity contribution in [1.29, 1.82) is 0 Å². The van der Waals surface area contributed by atoms with E-state index in [1.54, 1.807) is 13.0 Å². The normalized spacial score (nSPS) is 26.3. The molecule has 2 unspecified atom stereocenters. The Bertz CT molecular complexity index is 1250. The summed E-state index contributed by atoms with van der Waals surface area (Å²) >= 11 is 6.40. The molecule has 2 aromatic rings. The second kappa shape index (κ2) is 9.06. The van der Waals surface area contributed by atoms with Crippen LogP contribution in [0.2, 0.25) is 5.02 Å². The SMILES string of the molecule is C=CCc1cc(Cl)c(S(=O)(=O)C2CC3CCC(C2)C3(C)O)cc1C(=O)Nc1ccc(F)c(F)c1. The van der Waals surface area contributed by atoms with E-state index in [2.05, 4.69) is 11.9 Å². The number of anilines is 1. The van der Waals surface area contributed by atoms with Gasteiger partial charge in [-0.3, -0.25) is 4.79 Å². The summed E-state index contributed by atoms with van der Waals surface area (Å²) in [5, 5.41) is 12.5. The second-order valence-corrected chi connectivity index (χ2v) is 12.0. The minimum absolute atomic E-state index is 0.00547. The van der Waals surface area contributed by atoms with Crippen LogP contribution in [-0.2, 0) is 16.3 Å². The topological polar surface area (TPSA) is 83.5 Å². The molecule has 2 bridgehead atoms. The molecule has 1 amide bonds. The monoisotopic (exact) mass is 509 g/mol. The van der Waals surface area contributed by atoms with Gasteiger partial charge in [-0.25, -0.2) is 17.2 Å². The van der Waals surface area contributed by atoms with Crippen molar-refractivity contribution in [2.75, 3.05) is 5.32 Å². The number of hydrogen-bond acceptors (Lipinski definition) is 4. The van der Waals surface area contributed by atoms with Gasteiger partial charge in [0.1, 0.15) is 0 Å². The van der Waals surface area contributed by atoms with Crippen molar-refractivity contribution in [2.24, 2.45) is 11.8 Å². The lowest BCUT2D eigenvalue weighted by molar-refractivity contribution is -0.0413. The highest BCUT2D eigenvalue weighted by atomic mass is 35.5. The number of aliphatic hydroxyl groups is 1. The van der Waals surface area contributed by atoms with Crippen LogP contribution in [0.4, 0.5) is 14.5 Å². The Balaban J connectivity index is 1.70. The Morgan fingerprint density at radius 2 is 1.85 bits per heavy atom. The lowest BCUT2D eigenvalue weighted by Gasteiger charge is -2.40. The van der Waals surface area contributed by atoms with Gasteiger partial charge in [-0.2, -0.15) is 0 Å². The van der Waals surface area contributed by atoms with Gasteiger partial charge >= 0.3 is 0 Å². The van der Waals surface area contributed by atoms with Crippen LogP contribution in [0, 0.1) is 23.5 Å². The van der Waals surface area contributed by atoms with Crippen molar-refractivity contribution in [3.63, 3.8) is 0 Å². The van der Waals surface area contributed by atoms with Crippen LogP contribution in [0.1, 0.15) is 48.5 Å². The first kappa shape index (κ1) is 24.8. The molecule has 0 saturated heterocycles. The molecule has 34 heavy (non-hydrogen) atoms. The molecule has 0 spiro atoms. The first-order valence-corrected chi connectivity index (χ1v) is 13.0. The number of carbonyl (C=O) groups excluding carboxylic acids is 1. The number of sulfone groups is 1. The fourth-order valence-corrected chi connectivity index (χ4v) is 7.77. The fourth-order valence-electron chi connectivity index (χ4n) is 5.32. The maximum absolute atomic E-state index is 13.6. The van der Waals surface area contributed by atoms with Crippen molar-refractivity contribution >= 4 is 33.0 Å². The van der Waals surface area contributed by atoms with Crippen LogP contribution in [-0.4, -0.2) is 30.3 Å². The molecule has 0 heterocycles. The largest absolute Gasteiger partial charge is 0.390 e. The van der Waals surface area contributed by atoms with E-state index in [9.17, 15) is 27.1 Å². The molecule has 0 aromatic heterocycles. The molecule has 2 aliphatic rings. The maximum Gasteiger partial charge on any atom is 0.255 e. The minimum Gasteiger partial charge on any atom is -0.390 e. The number of hydrogen-bond donors (Lipinski definition) is 2. The molecule has 0 aliphatic heterocycles. The van der Waals surface area contributed by atoms with Crippen molar-refractivity contribution < 1.29 is 27.1 Å². The minimum atomic E-state index is -3.90. The molecule has 9 heteroatoms. The average molecular weight is 510 g/mol. The standard InChI is InChI=1S/C25H26ClF2NO4S/c1-3-4-14-9-20(26)23(13-19(14)24(30)29-17-7-8-21(27)22(28)12-17)34(32,33)18-10-15-5-6-16(11-18)25(15,2)31/h3,7-9,12-13,15-16,18,31H,1,4-6,10-11H2,2H3,(H,29,30). The summed E-state index contributed by atoms with van der Waals surface area (Å²) in [4.78, 5) is 12.9. The van der Waals surface area contributed by atoms with Gasteiger partial charge in [0.05, 0.1) is 20.8 Å².